The first kappa shape index (κ1) is 32.9. The van der Waals surface area contributed by atoms with Crippen molar-refractivity contribution in [2.45, 2.75) is 6.92 Å². The van der Waals surface area contributed by atoms with Gasteiger partial charge in [0.15, 0.2) is 0 Å². The van der Waals surface area contributed by atoms with Gasteiger partial charge < -0.3 is 47.4 Å². The van der Waals surface area contributed by atoms with Crippen LogP contribution in [0.2, 0.25) is 0 Å². The van der Waals surface area contributed by atoms with E-state index in [1.807, 2.05) is 6.92 Å². The number of alkyl halides is 1. The van der Waals surface area contributed by atoms with Gasteiger partial charge in [-0.3, -0.25) is 0 Å². The van der Waals surface area contributed by atoms with Crippen LogP contribution in [0.1, 0.15) is 6.92 Å². The van der Waals surface area contributed by atoms with Gasteiger partial charge in [-0.05, 0) is 6.92 Å². The van der Waals surface area contributed by atoms with Gasteiger partial charge in [0, 0.05) is 12.5 Å². The van der Waals surface area contributed by atoms with Gasteiger partial charge in [-0.2, -0.15) is 0 Å². The van der Waals surface area contributed by atoms with E-state index >= 15 is 0 Å². The Labute approximate surface area is 204 Å². The molecule has 0 heterocycles. The molecule has 0 unspecified atom stereocenters. The Bertz CT molecular complexity index is 312. The highest BCUT2D eigenvalue weighted by Gasteiger charge is 1.95. The number of hydrogen-bond acceptors (Lipinski definition) is 10. The van der Waals surface area contributed by atoms with E-state index in [-0.39, 0.29) is 0 Å². The van der Waals surface area contributed by atoms with Gasteiger partial charge in [0.2, 0.25) is 0 Å². The van der Waals surface area contributed by atoms with E-state index in [2.05, 4.69) is 0 Å². The molecule has 0 aromatic carbocycles. The van der Waals surface area contributed by atoms with Crippen molar-refractivity contribution in [1.29, 1.82) is 0 Å². The van der Waals surface area contributed by atoms with E-state index in [4.69, 9.17) is 59.0 Å². The van der Waals surface area contributed by atoms with Gasteiger partial charge >= 0.3 is 0 Å². The van der Waals surface area contributed by atoms with Crippen LogP contribution in [0.25, 0.3) is 0 Å². The largest absolute Gasteiger partial charge is 0.379 e. The van der Waals surface area contributed by atoms with Crippen molar-refractivity contribution in [1.82, 2.24) is 0 Å². The van der Waals surface area contributed by atoms with Crippen LogP contribution < -0.4 is 0 Å². The zero-order chi connectivity index (χ0) is 23.9. The van der Waals surface area contributed by atoms with Crippen molar-refractivity contribution in [3.63, 3.8) is 0 Å². The Balaban J connectivity index is 2.99. The lowest BCUT2D eigenvalue weighted by Gasteiger charge is -2.08. The van der Waals surface area contributed by atoms with Crippen LogP contribution in [0.4, 0.5) is 0 Å². The fraction of sp³-hybridized carbons (Fsp3) is 1.00. The van der Waals surface area contributed by atoms with Gasteiger partial charge in [0.1, 0.15) is 0 Å². The zero-order valence-corrected chi connectivity index (χ0v) is 21.1. The van der Waals surface area contributed by atoms with E-state index < -0.39 is 0 Å². The van der Waals surface area contributed by atoms with Crippen LogP contribution in [0.3, 0.4) is 0 Å². The normalized spacial score (nSPS) is 11.5. The molecule has 0 aromatic heterocycles. The second-order valence-electron chi connectivity index (χ2n) is 6.40. The second kappa shape index (κ2) is 31.9. The molecule has 33 heavy (non-hydrogen) atoms. The number of hydrogen-bond donors (Lipinski definition) is 0. The maximum atomic E-state index is 5.49. The molecule has 0 atom stereocenters. The molecule has 0 aliphatic carbocycles. The summed E-state index contributed by atoms with van der Waals surface area (Å²) in [4.78, 5) is 0. The summed E-state index contributed by atoms with van der Waals surface area (Å²) in [6.07, 6.45) is 0. The molecular formula is C22H45ClO10. The first-order valence-electron chi connectivity index (χ1n) is 11.7. The number of halogens is 1. The third kappa shape index (κ3) is 31.9. The summed E-state index contributed by atoms with van der Waals surface area (Å²) < 4.78 is 53.6. The topological polar surface area (TPSA) is 92.3 Å². The van der Waals surface area contributed by atoms with Crippen LogP contribution >= 0.6 is 11.6 Å². The van der Waals surface area contributed by atoms with Gasteiger partial charge in [-0.25, -0.2) is 0 Å². The maximum absolute atomic E-state index is 5.49. The summed E-state index contributed by atoms with van der Waals surface area (Å²) in [5.41, 5.74) is 0. The maximum Gasteiger partial charge on any atom is 0.0701 e. The minimum atomic E-state index is 0.502. The van der Waals surface area contributed by atoms with Gasteiger partial charge in [-0.1, -0.05) is 0 Å². The zero-order valence-electron chi connectivity index (χ0n) is 20.3. The molecule has 200 valence electrons. The Morgan fingerprint density at radius 2 is 0.485 bits per heavy atom. The summed E-state index contributed by atoms with van der Waals surface area (Å²) >= 11 is 5.49. The van der Waals surface area contributed by atoms with Gasteiger partial charge in [0.25, 0.3) is 0 Å². The predicted octanol–water partition coefficient (Wildman–Crippen LogP) is 1.41. The number of rotatable bonds is 30. The van der Waals surface area contributed by atoms with Crippen molar-refractivity contribution < 1.29 is 47.4 Å². The smallest absolute Gasteiger partial charge is 0.0701 e. The average molecular weight is 505 g/mol. The Hall–Kier alpha value is -0.110. The van der Waals surface area contributed by atoms with Crippen molar-refractivity contribution in [3.8, 4) is 0 Å². The molecule has 0 fully saturated rings. The van der Waals surface area contributed by atoms with Gasteiger partial charge in [0.05, 0.1) is 126 Å². The third-order valence-electron chi connectivity index (χ3n) is 3.77. The van der Waals surface area contributed by atoms with Crippen LogP contribution in [0, 0.1) is 0 Å². The van der Waals surface area contributed by atoms with E-state index in [9.17, 15) is 0 Å². The lowest BCUT2D eigenvalue weighted by Crippen LogP contribution is -2.15. The minimum absolute atomic E-state index is 0.502. The molecule has 0 saturated heterocycles. The Morgan fingerprint density at radius 3 is 0.667 bits per heavy atom. The second-order valence-corrected chi connectivity index (χ2v) is 6.78. The summed E-state index contributed by atoms with van der Waals surface area (Å²) in [5, 5.41) is 0. The van der Waals surface area contributed by atoms with Crippen LogP contribution in [-0.2, 0) is 47.4 Å². The molecule has 0 spiro atoms. The predicted molar refractivity (Wildman–Crippen MR) is 125 cm³/mol. The quantitative estimate of drug-likeness (QED) is 0.106. The molecule has 0 bridgehead atoms. The van der Waals surface area contributed by atoms with E-state index in [0.29, 0.717) is 138 Å². The molecule has 10 nitrogen and oxygen atoms in total. The Morgan fingerprint density at radius 1 is 0.303 bits per heavy atom. The highest BCUT2D eigenvalue weighted by Crippen LogP contribution is 1.86. The van der Waals surface area contributed by atoms with Crippen molar-refractivity contribution >= 4 is 11.6 Å². The first-order valence-corrected chi connectivity index (χ1v) is 12.3. The average Bonchev–Trinajstić information content (AvgIpc) is 2.83. The standard InChI is InChI=1S/C22H45ClO10/c1-2-24-5-6-26-9-10-28-13-14-30-17-18-32-21-22-33-20-19-31-16-15-29-12-11-27-8-7-25-4-3-23/h2-22H2,1H3. The molecule has 0 N–H and O–H groups in total. The molecule has 0 amide bonds. The van der Waals surface area contributed by atoms with Crippen molar-refractivity contribution in [2.24, 2.45) is 0 Å². The monoisotopic (exact) mass is 504 g/mol. The fourth-order valence-corrected chi connectivity index (χ4v) is 2.29. The molecule has 0 saturated carbocycles. The highest BCUT2D eigenvalue weighted by molar-refractivity contribution is 6.17. The molecule has 11 heteroatoms. The van der Waals surface area contributed by atoms with E-state index in [1.165, 1.54) is 0 Å². The summed E-state index contributed by atoms with van der Waals surface area (Å²) in [6.45, 7) is 13.1. The summed E-state index contributed by atoms with van der Waals surface area (Å²) in [7, 11) is 0. The third-order valence-corrected chi connectivity index (χ3v) is 3.93. The molecule has 0 radical (unpaired) electrons. The molecule has 0 rings (SSSR count). The van der Waals surface area contributed by atoms with E-state index in [0.717, 1.165) is 0 Å². The van der Waals surface area contributed by atoms with Crippen molar-refractivity contribution in [3.05, 3.63) is 0 Å². The summed E-state index contributed by atoms with van der Waals surface area (Å²) in [6, 6.07) is 0. The molecule has 0 aliphatic rings. The lowest BCUT2D eigenvalue weighted by atomic mass is 10.6. The van der Waals surface area contributed by atoms with Crippen LogP contribution in [0.5, 0.6) is 0 Å². The van der Waals surface area contributed by atoms with Gasteiger partial charge in [-0.15, -0.1) is 11.6 Å². The minimum Gasteiger partial charge on any atom is -0.379 e. The van der Waals surface area contributed by atoms with Crippen LogP contribution in [0.15, 0.2) is 0 Å². The van der Waals surface area contributed by atoms with Crippen molar-refractivity contribution in [2.75, 3.05) is 138 Å². The Kier molecular flexibility index (Phi) is 31.8. The lowest BCUT2D eigenvalue weighted by molar-refractivity contribution is -0.0261. The van der Waals surface area contributed by atoms with E-state index in [1.54, 1.807) is 0 Å². The first-order chi connectivity index (χ1) is 16.4. The summed E-state index contributed by atoms with van der Waals surface area (Å²) in [5.74, 6) is 0.502. The van der Waals surface area contributed by atoms with Crippen LogP contribution in [-0.4, -0.2) is 138 Å². The molecular weight excluding hydrogens is 460 g/mol. The molecule has 0 aromatic rings. The highest BCUT2D eigenvalue weighted by atomic mass is 35.5. The number of ether oxygens (including phenoxy) is 10. The SMILES string of the molecule is CCOCCOCCOCCOCCOCCOCCOCCOCCOCCOCCCl. The molecule has 0 aliphatic heterocycles. The fourth-order valence-electron chi connectivity index (χ4n) is 2.18.